The maximum Gasteiger partial charge on any atom is 0.209 e. The van der Waals surface area contributed by atoms with E-state index >= 15 is 0 Å². The molecule has 0 aliphatic heterocycles. The SMILES string of the molecule is CC(C)(C)c1cn2c([nH]1)c(C#N)c(=O)c1ccccc12. The predicted molar refractivity (Wildman–Crippen MR) is 78.9 cm³/mol. The molecule has 0 aliphatic carbocycles. The Kier molecular flexibility index (Phi) is 2.48. The topological polar surface area (TPSA) is 61.1 Å². The smallest absolute Gasteiger partial charge is 0.209 e. The summed E-state index contributed by atoms with van der Waals surface area (Å²) in [5.41, 5.74) is 2.25. The summed E-state index contributed by atoms with van der Waals surface area (Å²) in [7, 11) is 0. The number of imidazole rings is 1. The van der Waals surface area contributed by atoms with E-state index in [0.29, 0.717) is 11.0 Å². The van der Waals surface area contributed by atoms with Crippen molar-refractivity contribution in [2.24, 2.45) is 0 Å². The molecule has 1 N–H and O–H groups in total. The van der Waals surface area contributed by atoms with Crippen LogP contribution < -0.4 is 5.43 Å². The van der Waals surface area contributed by atoms with Crippen LogP contribution in [-0.2, 0) is 5.41 Å². The van der Waals surface area contributed by atoms with Gasteiger partial charge in [0.25, 0.3) is 0 Å². The van der Waals surface area contributed by atoms with Gasteiger partial charge in [0, 0.05) is 22.7 Å². The van der Waals surface area contributed by atoms with E-state index in [4.69, 9.17) is 0 Å². The minimum Gasteiger partial charge on any atom is -0.342 e. The maximum absolute atomic E-state index is 12.4. The first kappa shape index (κ1) is 12.5. The second kappa shape index (κ2) is 3.97. The van der Waals surface area contributed by atoms with Gasteiger partial charge in [-0.25, -0.2) is 0 Å². The molecule has 100 valence electrons. The molecule has 0 atom stereocenters. The van der Waals surface area contributed by atoms with Crippen LogP contribution in [0.1, 0.15) is 32.0 Å². The molecule has 0 aliphatic rings. The summed E-state index contributed by atoms with van der Waals surface area (Å²) in [5, 5.41) is 9.88. The highest BCUT2D eigenvalue weighted by molar-refractivity contribution is 5.84. The van der Waals surface area contributed by atoms with Crippen molar-refractivity contribution in [3.63, 3.8) is 0 Å². The standard InChI is InChI=1S/C16H15N3O/c1-16(2,3)13-9-19-12-7-5-4-6-10(12)14(20)11(8-17)15(19)18-13/h4-7,9,18H,1-3H3. The zero-order chi connectivity index (χ0) is 14.5. The molecule has 3 rings (SSSR count). The van der Waals surface area contributed by atoms with Crippen molar-refractivity contribution < 1.29 is 0 Å². The molecule has 0 spiro atoms. The Morgan fingerprint density at radius 2 is 1.95 bits per heavy atom. The van der Waals surface area contributed by atoms with E-state index in [-0.39, 0.29) is 16.4 Å². The van der Waals surface area contributed by atoms with Gasteiger partial charge in [-0.3, -0.25) is 9.20 Å². The lowest BCUT2D eigenvalue weighted by molar-refractivity contribution is 0.573. The monoisotopic (exact) mass is 265 g/mol. The molecular formula is C16H15N3O. The van der Waals surface area contributed by atoms with Gasteiger partial charge in [-0.1, -0.05) is 32.9 Å². The second-order valence-corrected chi connectivity index (χ2v) is 5.97. The van der Waals surface area contributed by atoms with Crippen molar-refractivity contribution >= 4 is 16.6 Å². The van der Waals surface area contributed by atoms with E-state index in [1.807, 2.05) is 34.9 Å². The number of rotatable bonds is 0. The van der Waals surface area contributed by atoms with Crippen LogP contribution in [0.25, 0.3) is 16.6 Å². The van der Waals surface area contributed by atoms with Crippen molar-refractivity contribution in [1.82, 2.24) is 9.38 Å². The fraction of sp³-hybridized carbons (Fsp3) is 0.250. The van der Waals surface area contributed by atoms with Crippen LogP contribution in [0.3, 0.4) is 0 Å². The average molecular weight is 265 g/mol. The van der Waals surface area contributed by atoms with Crippen LogP contribution in [0.4, 0.5) is 0 Å². The van der Waals surface area contributed by atoms with Gasteiger partial charge in [-0.05, 0) is 12.1 Å². The van der Waals surface area contributed by atoms with E-state index < -0.39 is 0 Å². The van der Waals surface area contributed by atoms with Crippen LogP contribution in [0, 0.1) is 11.3 Å². The van der Waals surface area contributed by atoms with Crippen LogP contribution in [0.5, 0.6) is 0 Å². The minimum atomic E-state index is -0.217. The summed E-state index contributed by atoms with van der Waals surface area (Å²) in [4.78, 5) is 15.6. The summed E-state index contributed by atoms with van der Waals surface area (Å²) < 4.78 is 1.90. The van der Waals surface area contributed by atoms with E-state index in [0.717, 1.165) is 11.2 Å². The van der Waals surface area contributed by atoms with Gasteiger partial charge >= 0.3 is 0 Å². The molecule has 0 radical (unpaired) electrons. The fourth-order valence-corrected chi connectivity index (χ4v) is 2.39. The molecule has 0 saturated carbocycles. The van der Waals surface area contributed by atoms with Crippen LogP contribution >= 0.6 is 0 Å². The van der Waals surface area contributed by atoms with Gasteiger partial charge in [0.05, 0.1) is 5.52 Å². The van der Waals surface area contributed by atoms with Crippen LogP contribution in [-0.4, -0.2) is 9.38 Å². The summed E-state index contributed by atoms with van der Waals surface area (Å²) in [6.45, 7) is 6.26. The third-order valence-corrected chi connectivity index (χ3v) is 3.54. The van der Waals surface area contributed by atoms with E-state index in [2.05, 4.69) is 25.8 Å². The Balaban J connectivity index is 2.59. The number of nitriles is 1. The van der Waals surface area contributed by atoms with Crippen molar-refractivity contribution in [1.29, 1.82) is 5.26 Å². The van der Waals surface area contributed by atoms with Crippen molar-refractivity contribution in [2.45, 2.75) is 26.2 Å². The Morgan fingerprint density at radius 1 is 1.25 bits per heavy atom. The molecule has 0 amide bonds. The lowest BCUT2D eigenvalue weighted by Crippen LogP contribution is -2.11. The van der Waals surface area contributed by atoms with Gasteiger partial charge in [-0.15, -0.1) is 0 Å². The number of aromatic nitrogens is 2. The van der Waals surface area contributed by atoms with Gasteiger partial charge in [0.15, 0.2) is 0 Å². The summed E-state index contributed by atoms with van der Waals surface area (Å²) >= 11 is 0. The van der Waals surface area contributed by atoms with E-state index in [9.17, 15) is 10.1 Å². The van der Waals surface area contributed by atoms with Gasteiger partial charge in [0.1, 0.15) is 17.3 Å². The fourth-order valence-electron chi connectivity index (χ4n) is 2.39. The zero-order valence-electron chi connectivity index (χ0n) is 11.7. The van der Waals surface area contributed by atoms with Crippen LogP contribution in [0.2, 0.25) is 0 Å². The molecule has 1 aromatic carbocycles. The molecule has 4 nitrogen and oxygen atoms in total. The lowest BCUT2D eigenvalue weighted by atomic mass is 9.93. The molecule has 3 aromatic rings. The molecule has 2 heterocycles. The summed E-state index contributed by atoms with van der Waals surface area (Å²) in [6, 6.07) is 9.39. The predicted octanol–water partition coefficient (Wildman–Crippen LogP) is 2.95. The molecule has 20 heavy (non-hydrogen) atoms. The number of nitrogens with one attached hydrogen (secondary N) is 1. The third-order valence-electron chi connectivity index (χ3n) is 3.54. The Labute approximate surface area is 116 Å². The molecule has 0 saturated heterocycles. The Morgan fingerprint density at radius 3 is 2.60 bits per heavy atom. The molecule has 0 fully saturated rings. The van der Waals surface area contributed by atoms with Crippen LogP contribution in [0.15, 0.2) is 35.3 Å². The first-order valence-corrected chi connectivity index (χ1v) is 6.50. The number of pyridine rings is 1. The molecule has 0 unspecified atom stereocenters. The molecule has 2 aromatic heterocycles. The Bertz CT molecular complexity index is 917. The quantitative estimate of drug-likeness (QED) is 0.679. The Hall–Kier alpha value is -2.54. The number of benzene rings is 1. The van der Waals surface area contributed by atoms with E-state index in [1.165, 1.54) is 0 Å². The number of para-hydroxylation sites is 1. The number of hydrogen-bond acceptors (Lipinski definition) is 2. The average Bonchev–Trinajstić information content (AvgIpc) is 2.84. The maximum atomic E-state index is 12.4. The normalized spacial score (nSPS) is 11.9. The van der Waals surface area contributed by atoms with Crippen molar-refractivity contribution in [2.75, 3.05) is 0 Å². The van der Waals surface area contributed by atoms with Gasteiger partial charge in [-0.2, -0.15) is 5.26 Å². The van der Waals surface area contributed by atoms with Gasteiger partial charge < -0.3 is 4.98 Å². The summed E-state index contributed by atoms with van der Waals surface area (Å²) in [5.74, 6) is 0. The number of fused-ring (bicyclic) bond motifs is 3. The molecule has 0 bridgehead atoms. The number of nitrogens with zero attached hydrogens (tertiary/aromatic N) is 2. The van der Waals surface area contributed by atoms with Crippen molar-refractivity contribution in [3.8, 4) is 6.07 Å². The van der Waals surface area contributed by atoms with Gasteiger partial charge in [0.2, 0.25) is 5.43 Å². The number of H-pyrrole nitrogens is 1. The lowest BCUT2D eigenvalue weighted by Gasteiger charge is -2.14. The first-order valence-electron chi connectivity index (χ1n) is 6.50. The zero-order valence-corrected chi connectivity index (χ0v) is 11.7. The molecular weight excluding hydrogens is 250 g/mol. The second-order valence-electron chi connectivity index (χ2n) is 5.97. The number of hydrogen-bond donors (Lipinski definition) is 1. The number of aromatic amines is 1. The molecule has 4 heteroatoms. The van der Waals surface area contributed by atoms with Crippen molar-refractivity contribution in [3.05, 3.63) is 51.9 Å². The minimum absolute atomic E-state index is 0.0805. The third kappa shape index (κ3) is 1.64. The first-order chi connectivity index (χ1) is 9.43. The largest absolute Gasteiger partial charge is 0.342 e. The summed E-state index contributed by atoms with van der Waals surface area (Å²) in [6.07, 6.45) is 1.97. The highest BCUT2D eigenvalue weighted by atomic mass is 16.1. The highest BCUT2D eigenvalue weighted by Gasteiger charge is 2.20. The van der Waals surface area contributed by atoms with E-state index in [1.54, 1.807) is 6.07 Å². The highest BCUT2D eigenvalue weighted by Crippen LogP contribution is 2.24.